The number of hydrogen-bond donors (Lipinski definition) is 0. The minimum Gasteiger partial charge on any atom is -0.376 e. The number of unbranched alkanes of at least 4 members (excludes halogenated alkanes) is 2. The first-order valence-electron chi connectivity index (χ1n) is 23.8. The van der Waals surface area contributed by atoms with Gasteiger partial charge in [0.15, 0.2) is 0 Å². The Morgan fingerprint density at radius 1 is 0.576 bits per heavy atom. The summed E-state index contributed by atoms with van der Waals surface area (Å²) in [5.74, 6) is 0. The molecular weight excluding hydrogens is 818 g/mol. The van der Waals surface area contributed by atoms with Crippen LogP contribution in [0.4, 0.5) is 28.4 Å². The fourth-order valence-corrected chi connectivity index (χ4v) is 12.5. The third-order valence-corrected chi connectivity index (χ3v) is 15.6. The first-order valence-corrected chi connectivity index (χ1v) is 24.6. The number of hydrogen-bond acceptors (Lipinski definition) is 3. The lowest BCUT2D eigenvalue weighted by Crippen LogP contribution is -2.60. The van der Waals surface area contributed by atoms with Crippen LogP contribution in [0.3, 0.4) is 0 Å². The molecule has 0 saturated heterocycles. The minimum atomic E-state index is -0.0810. The maximum Gasteiger partial charge on any atom is 0.333 e. The van der Waals surface area contributed by atoms with Crippen LogP contribution in [0, 0.1) is 0 Å². The summed E-state index contributed by atoms with van der Waals surface area (Å²) in [6.07, 6.45) is 4.70. The summed E-state index contributed by atoms with van der Waals surface area (Å²) < 4.78 is 5.29. The van der Waals surface area contributed by atoms with Gasteiger partial charge >= 0.3 is 6.85 Å². The first-order chi connectivity index (χ1) is 32.4. The number of benzene rings is 9. The van der Waals surface area contributed by atoms with Gasteiger partial charge in [0.1, 0.15) is 0 Å². The second-order valence-corrected chi connectivity index (χ2v) is 20.6. The molecule has 0 fully saturated rings. The highest BCUT2D eigenvalue weighted by atomic mass is 32.1. The molecule has 0 amide bonds. The van der Waals surface area contributed by atoms with Gasteiger partial charge in [-0.1, -0.05) is 150 Å². The Hall–Kier alpha value is -7.08. The Bertz CT molecular complexity index is 3670. The van der Waals surface area contributed by atoms with Crippen molar-refractivity contribution in [1.82, 2.24) is 4.57 Å². The average Bonchev–Trinajstić information content (AvgIpc) is 3.90. The molecule has 2 aliphatic heterocycles. The summed E-state index contributed by atoms with van der Waals surface area (Å²) in [7, 11) is 0. The van der Waals surface area contributed by atoms with Gasteiger partial charge in [-0.25, -0.2) is 0 Å². The van der Waals surface area contributed by atoms with E-state index in [1.54, 1.807) is 0 Å². The summed E-state index contributed by atoms with van der Waals surface area (Å²) >= 11 is 1.91. The molecule has 2 aromatic heterocycles. The zero-order valence-corrected chi connectivity index (χ0v) is 38.8. The number of anilines is 5. The lowest BCUT2D eigenvalue weighted by atomic mass is 9.43. The topological polar surface area (TPSA) is 11.4 Å². The molecule has 13 rings (SSSR count). The van der Waals surface area contributed by atoms with E-state index in [2.05, 4.69) is 224 Å². The third kappa shape index (κ3) is 5.89. The molecule has 11 aromatic rings. The maximum atomic E-state index is 2.72. The van der Waals surface area contributed by atoms with Gasteiger partial charge in [0.2, 0.25) is 0 Å². The molecule has 3 nitrogen and oxygen atoms in total. The summed E-state index contributed by atoms with van der Waals surface area (Å²) in [5.41, 5.74) is 17.8. The Labute approximate surface area is 391 Å². The molecule has 0 radical (unpaired) electrons. The van der Waals surface area contributed by atoms with Gasteiger partial charge in [0, 0.05) is 64.9 Å². The Kier molecular flexibility index (Phi) is 8.92. The van der Waals surface area contributed by atoms with Crippen molar-refractivity contribution in [3.63, 3.8) is 0 Å². The number of nitrogens with zero attached hydrogens (tertiary/aromatic N) is 3. The van der Waals surface area contributed by atoms with E-state index in [4.69, 9.17) is 0 Å². The van der Waals surface area contributed by atoms with Crippen molar-refractivity contribution in [2.24, 2.45) is 0 Å². The van der Waals surface area contributed by atoms with Crippen LogP contribution >= 0.6 is 11.3 Å². The predicted octanol–water partition coefficient (Wildman–Crippen LogP) is 16.0. The quantitative estimate of drug-likeness (QED) is 0.111. The summed E-state index contributed by atoms with van der Waals surface area (Å²) in [4.78, 5) is 5.23. The molecule has 0 saturated carbocycles. The molecule has 4 heterocycles. The van der Waals surface area contributed by atoms with Crippen LogP contribution < -0.4 is 20.6 Å². The Morgan fingerprint density at radius 3 is 2.03 bits per heavy atom. The van der Waals surface area contributed by atoms with Crippen LogP contribution in [0.15, 0.2) is 182 Å². The van der Waals surface area contributed by atoms with Crippen molar-refractivity contribution in [2.45, 2.75) is 58.8 Å². The number of fused-ring (bicyclic) bond motifs is 13. The normalized spacial score (nSPS) is 13.0. The van der Waals surface area contributed by atoms with E-state index < -0.39 is 0 Å². The highest BCUT2D eigenvalue weighted by molar-refractivity contribution is 7.25. The van der Waals surface area contributed by atoms with E-state index in [0.29, 0.717) is 0 Å². The highest BCUT2D eigenvalue weighted by Crippen LogP contribution is 2.53. The SMILES string of the molecule is CCCCCc1ccc2c(c1)B1c3c(cc(N(c4ccccc4)c4ccccc4)c4c5c6ccccc6ccc5n-2c34)-c2cc3c(cc2N1c1ccc(C(C)(C)C)cc1)sc1ccccc13. The summed E-state index contributed by atoms with van der Waals surface area (Å²) in [6.45, 7) is 9.17. The smallest absolute Gasteiger partial charge is 0.333 e. The van der Waals surface area contributed by atoms with Crippen molar-refractivity contribution < 1.29 is 0 Å². The number of thiophene rings is 1. The van der Waals surface area contributed by atoms with E-state index in [-0.39, 0.29) is 12.3 Å². The van der Waals surface area contributed by atoms with Crippen molar-refractivity contribution in [2.75, 3.05) is 9.71 Å². The summed E-state index contributed by atoms with van der Waals surface area (Å²) in [6, 6.07) is 69.3. The van der Waals surface area contributed by atoms with Crippen LogP contribution in [0.25, 0.3) is 69.6 Å². The zero-order chi connectivity index (χ0) is 44.3. The lowest BCUT2D eigenvalue weighted by molar-refractivity contribution is 0.590. The molecule has 0 spiro atoms. The van der Waals surface area contributed by atoms with Gasteiger partial charge in [0.05, 0.1) is 16.7 Å². The second kappa shape index (κ2) is 15.0. The van der Waals surface area contributed by atoms with Crippen LogP contribution in [0.5, 0.6) is 0 Å². The van der Waals surface area contributed by atoms with E-state index >= 15 is 0 Å². The molecular formula is C61H50BN3S. The van der Waals surface area contributed by atoms with Crippen molar-refractivity contribution >= 4 is 110 Å². The Morgan fingerprint density at radius 2 is 1.29 bits per heavy atom. The minimum absolute atomic E-state index is 0.0364. The fraction of sp³-hybridized carbons (Fsp3) is 0.148. The van der Waals surface area contributed by atoms with E-state index in [1.165, 1.54) is 128 Å². The first kappa shape index (κ1) is 39.3. The number of para-hydroxylation sites is 2. The molecule has 0 N–H and O–H groups in total. The zero-order valence-electron chi connectivity index (χ0n) is 38.0. The van der Waals surface area contributed by atoms with E-state index in [1.807, 2.05) is 11.3 Å². The molecule has 5 heteroatoms. The largest absolute Gasteiger partial charge is 0.376 e. The molecule has 0 bridgehead atoms. The number of aromatic nitrogens is 1. The van der Waals surface area contributed by atoms with Crippen molar-refractivity contribution in [1.29, 1.82) is 0 Å². The highest BCUT2D eigenvalue weighted by Gasteiger charge is 2.45. The molecule has 2 aliphatic rings. The molecule has 0 atom stereocenters. The molecule has 0 unspecified atom stereocenters. The monoisotopic (exact) mass is 867 g/mol. The lowest BCUT2D eigenvalue weighted by Gasteiger charge is -2.43. The van der Waals surface area contributed by atoms with Crippen LogP contribution in [-0.4, -0.2) is 11.4 Å². The standard InChI is InChI=1S/C61H50BN3S/c1-5-6-9-18-39-27-33-51-50(35-39)62-59-49(47-36-48-46-25-16-17-26-55(46)66-56(48)38-53(47)65(62)44-31-29-41(30-32-44)61(2,3)4)37-54(63(42-20-10-7-11-21-42)43-22-12-8-13-23-43)58-57-45-24-15-14-19-40(45)28-34-52(57)64(51)60(58)59/h7-8,10-17,19-38H,5-6,9,18H2,1-4H3. The van der Waals surface area contributed by atoms with Gasteiger partial charge in [0.25, 0.3) is 0 Å². The fourth-order valence-electron chi connectivity index (χ4n) is 11.4. The second-order valence-electron chi connectivity index (χ2n) is 19.5. The molecule has 66 heavy (non-hydrogen) atoms. The van der Waals surface area contributed by atoms with Crippen molar-refractivity contribution in [3.8, 4) is 16.8 Å². The maximum absolute atomic E-state index is 2.72. The van der Waals surface area contributed by atoms with Gasteiger partial charge in [-0.2, -0.15) is 0 Å². The van der Waals surface area contributed by atoms with Gasteiger partial charge in [-0.05, 0) is 129 Å². The third-order valence-electron chi connectivity index (χ3n) is 14.5. The van der Waals surface area contributed by atoms with Crippen LogP contribution in [0.1, 0.15) is 58.1 Å². The van der Waals surface area contributed by atoms with Gasteiger partial charge < -0.3 is 14.3 Å². The molecule has 318 valence electrons. The Balaban J connectivity index is 1.24. The van der Waals surface area contributed by atoms with Gasteiger partial charge in [-0.15, -0.1) is 11.3 Å². The van der Waals surface area contributed by atoms with Crippen LogP contribution in [0.2, 0.25) is 0 Å². The van der Waals surface area contributed by atoms with E-state index in [9.17, 15) is 0 Å². The predicted molar refractivity (Wildman–Crippen MR) is 287 cm³/mol. The van der Waals surface area contributed by atoms with Crippen molar-refractivity contribution in [3.05, 3.63) is 193 Å². The van der Waals surface area contributed by atoms with Crippen LogP contribution in [-0.2, 0) is 11.8 Å². The number of rotatable bonds is 8. The molecule has 9 aromatic carbocycles. The molecule has 0 aliphatic carbocycles. The summed E-state index contributed by atoms with van der Waals surface area (Å²) in [5, 5.41) is 7.73. The number of aryl methyl sites for hydroxylation is 1. The van der Waals surface area contributed by atoms with Gasteiger partial charge in [-0.3, -0.25) is 0 Å². The van der Waals surface area contributed by atoms with E-state index in [0.717, 1.165) is 17.8 Å². The average molecular weight is 868 g/mol.